The van der Waals surface area contributed by atoms with Crippen LogP contribution in [0.15, 0.2) is 23.1 Å². The van der Waals surface area contributed by atoms with Crippen molar-refractivity contribution < 1.29 is 17.9 Å². The zero-order valence-corrected chi connectivity index (χ0v) is 12.4. The van der Waals surface area contributed by atoms with Crippen LogP contribution in [-0.4, -0.2) is 34.3 Å². The first-order valence-electron chi connectivity index (χ1n) is 6.53. The molecule has 6 nitrogen and oxygen atoms in total. The number of nitrogens with one attached hydrogen (secondary N) is 1. The van der Waals surface area contributed by atoms with Gasteiger partial charge in [-0.3, -0.25) is 0 Å². The Hall–Kier alpha value is -1.31. The maximum atomic E-state index is 12.3. The minimum absolute atomic E-state index is 0.0844. The number of benzene rings is 1. The highest BCUT2D eigenvalue weighted by molar-refractivity contribution is 7.89. The van der Waals surface area contributed by atoms with Gasteiger partial charge in [0.15, 0.2) is 0 Å². The van der Waals surface area contributed by atoms with Crippen LogP contribution in [0.1, 0.15) is 19.8 Å². The number of anilines is 1. The van der Waals surface area contributed by atoms with E-state index in [2.05, 4.69) is 4.72 Å². The summed E-state index contributed by atoms with van der Waals surface area (Å²) in [4.78, 5) is 0.106. The largest absolute Gasteiger partial charge is 0.495 e. The van der Waals surface area contributed by atoms with Crippen LogP contribution in [0.5, 0.6) is 5.75 Å². The van der Waals surface area contributed by atoms with Crippen molar-refractivity contribution >= 4 is 15.7 Å². The summed E-state index contributed by atoms with van der Waals surface area (Å²) < 4.78 is 37.8. The predicted molar refractivity (Wildman–Crippen MR) is 76.2 cm³/mol. The van der Waals surface area contributed by atoms with Crippen molar-refractivity contribution in [3.8, 4) is 5.75 Å². The van der Waals surface area contributed by atoms with Gasteiger partial charge in [-0.15, -0.1) is 0 Å². The fourth-order valence-corrected chi connectivity index (χ4v) is 3.64. The van der Waals surface area contributed by atoms with Crippen molar-refractivity contribution in [2.45, 2.75) is 36.8 Å². The standard InChI is InChI=1S/C13H20N2O4S/c1-3-19-11-7-10(8-11)15-20(16,17)13-5-4-9(14)6-12(13)18-2/h4-6,10-11,15H,3,7-8,14H2,1-2H3. The van der Waals surface area contributed by atoms with Gasteiger partial charge in [-0.25, -0.2) is 13.1 Å². The van der Waals surface area contributed by atoms with Crippen molar-refractivity contribution in [1.29, 1.82) is 0 Å². The van der Waals surface area contributed by atoms with Crippen molar-refractivity contribution in [2.75, 3.05) is 19.5 Å². The number of ether oxygens (including phenoxy) is 2. The maximum absolute atomic E-state index is 12.3. The van der Waals surface area contributed by atoms with Gasteiger partial charge in [-0.05, 0) is 31.9 Å². The van der Waals surface area contributed by atoms with Gasteiger partial charge < -0.3 is 15.2 Å². The molecular weight excluding hydrogens is 280 g/mol. The van der Waals surface area contributed by atoms with Crippen LogP contribution in [0.2, 0.25) is 0 Å². The molecule has 1 aliphatic rings. The molecule has 0 saturated heterocycles. The Morgan fingerprint density at radius 1 is 1.40 bits per heavy atom. The van der Waals surface area contributed by atoms with Gasteiger partial charge in [-0.1, -0.05) is 0 Å². The minimum atomic E-state index is -3.60. The van der Waals surface area contributed by atoms with Gasteiger partial charge in [-0.2, -0.15) is 0 Å². The summed E-state index contributed by atoms with van der Waals surface area (Å²) in [5, 5.41) is 0. The Bertz CT molecular complexity index is 568. The molecule has 7 heteroatoms. The Morgan fingerprint density at radius 2 is 2.10 bits per heavy atom. The number of nitrogens with two attached hydrogens (primary N) is 1. The number of methoxy groups -OCH3 is 1. The van der Waals surface area contributed by atoms with Gasteiger partial charge in [0.1, 0.15) is 10.6 Å². The zero-order valence-electron chi connectivity index (χ0n) is 11.6. The Labute approximate surface area is 119 Å². The van der Waals surface area contributed by atoms with Crippen LogP contribution >= 0.6 is 0 Å². The molecule has 0 aliphatic heterocycles. The number of nitrogen functional groups attached to an aromatic ring is 1. The maximum Gasteiger partial charge on any atom is 0.244 e. The van der Waals surface area contributed by atoms with Crippen LogP contribution in [-0.2, 0) is 14.8 Å². The van der Waals surface area contributed by atoms with E-state index in [9.17, 15) is 8.42 Å². The molecule has 2 rings (SSSR count). The molecule has 1 aromatic carbocycles. The summed E-state index contributed by atoms with van der Waals surface area (Å²) in [6.45, 7) is 2.58. The summed E-state index contributed by atoms with van der Waals surface area (Å²) in [6.07, 6.45) is 1.55. The highest BCUT2D eigenvalue weighted by Crippen LogP contribution is 2.29. The summed E-state index contributed by atoms with van der Waals surface area (Å²) in [5.41, 5.74) is 6.08. The lowest BCUT2D eigenvalue weighted by atomic mass is 9.90. The molecule has 112 valence electrons. The Kier molecular flexibility index (Phi) is 4.52. The third-order valence-corrected chi connectivity index (χ3v) is 4.86. The first-order valence-corrected chi connectivity index (χ1v) is 8.02. The topological polar surface area (TPSA) is 90.7 Å². The molecule has 0 unspecified atom stereocenters. The molecule has 3 N–H and O–H groups in total. The van der Waals surface area contributed by atoms with E-state index in [0.717, 1.165) is 0 Å². The highest BCUT2D eigenvalue weighted by Gasteiger charge is 2.34. The summed E-state index contributed by atoms with van der Waals surface area (Å²) in [5.74, 6) is 0.248. The van der Waals surface area contributed by atoms with Gasteiger partial charge in [0.25, 0.3) is 0 Å². The Balaban J connectivity index is 2.08. The molecule has 1 aliphatic carbocycles. The molecule has 0 atom stereocenters. The summed E-state index contributed by atoms with van der Waals surface area (Å²) in [7, 11) is -2.19. The van der Waals surface area contributed by atoms with E-state index in [1.54, 1.807) is 6.07 Å². The van der Waals surface area contributed by atoms with E-state index in [4.69, 9.17) is 15.2 Å². The molecule has 0 aromatic heterocycles. The SMILES string of the molecule is CCOC1CC(NS(=O)(=O)c2ccc(N)cc2OC)C1. The van der Waals surface area contributed by atoms with Crippen LogP contribution in [0, 0.1) is 0 Å². The van der Waals surface area contributed by atoms with Gasteiger partial charge >= 0.3 is 0 Å². The van der Waals surface area contributed by atoms with Crippen LogP contribution < -0.4 is 15.2 Å². The van der Waals surface area contributed by atoms with E-state index >= 15 is 0 Å². The fourth-order valence-electron chi connectivity index (χ4n) is 2.22. The lowest BCUT2D eigenvalue weighted by Gasteiger charge is -2.35. The van der Waals surface area contributed by atoms with Crippen LogP contribution in [0.3, 0.4) is 0 Å². The van der Waals surface area contributed by atoms with Gasteiger partial charge in [0, 0.05) is 24.4 Å². The quantitative estimate of drug-likeness (QED) is 0.768. The summed E-state index contributed by atoms with van der Waals surface area (Å²) >= 11 is 0. The minimum Gasteiger partial charge on any atom is -0.495 e. The van der Waals surface area contributed by atoms with Crippen molar-refractivity contribution in [2.24, 2.45) is 0 Å². The molecule has 1 fully saturated rings. The smallest absolute Gasteiger partial charge is 0.244 e. The van der Waals surface area contributed by atoms with Crippen molar-refractivity contribution in [1.82, 2.24) is 4.72 Å². The normalized spacial score (nSPS) is 22.3. The van der Waals surface area contributed by atoms with Crippen LogP contribution in [0.4, 0.5) is 5.69 Å². The van der Waals surface area contributed by atoms with Crippen molar-refractivity contribution in [3.63, 3.8) is 0 Å². The molecule has 0 spiro atoms. The van der Waals surface area contributed by atoms with E-state index in [1.807, 2.05) is 6.92 Å². The molecule has 0 heterocycles. The zero-order chi connectivity index (χ0) is 14.8. The number of hydrogen-bond donors (Lipinski definition) is 2. The average Bonchev–Trinajstić information content (AvgIpc) is 2.35. The van der Waals surface area contributed by atoms with E-state index in [0.29, 0.717) is 25.1 Å². The molecule has 0 radical (unpaired) electrons. The predicted octanol–water partition coefficient (Wildman–Crippen LogP) is 1.12. The second kappa shape index (κ2) is 5.99. The Morgan fingerprint density at radius 3 is 2.70 bits per heavy atom. The van der Waals surface area contributed by atoms with Gasteiger partial charge in [0.05, 0.1) is 13.2 Å². The lowest BCUT2D eigenvalue weighted by Crippen LogP contribution is -2.47. The average molecular weight is 300 g/mol. The van der Waals surface area contributed by atoms with Crippen molar-refractivity contribution in [3.05, 3.63) is 18.2 Å². The number of sulfonamides is 1. The first kappa shape index (κ1) is 15.1. The monoisotopic (exact) mass is 300 g/mol. The second-order valence-electron chi connectivity index (χ2n) is 4.78. The molecule has 1 saturated carbocycles. The van der Waals surface area contributed by atoms with E-state index in [-0.39, 0.29) is 22.8 Å². The molecule has 0 bridgehead atoms. The molecule has 0 amide bonds. The van der Waals surface area contributed by atoms with Gasteiger partial charge in [0.2, 0.25) is 10.0 Å². The lowest BCUT2D eigenvalue weighted by molar-refractivity contribution is -0.00476. The molecule has 20 heavy (non-hydrogen) atoms. The van der Waals surface area contributed by atoms with E-state index in [1.165, 1.54) is 19.2 Å². The third-order valence-electron chi connectivity index (χ3n) is 3.30. The summed E-state index contributed by atoms with van der Waals surface area (Å²) in [6, 6.07) is 4.41. The highest BCUT2D eigenvalue weighted by atomic mass is 32.2. The molecular formula is C13H20N2O4S. The number of rotatable bonds is 6. The molecule has 1 aromatic rings. The second-order valence-corrected chi connectivity index (χ2v) is 6.46. The third kappa shape index (κ3) is 3.23. The first-order chi connectivity index (χ1) is 9.46. The fraction of sp³-hybridized carbons (Fsp3) is 0.538. The van der Waals surface area contributed by atoms with Crippen LogP contribution in [0.25, 0.3) is 0 Å². The number of hydrogen-bond acceptors (Lipinski definition) is 5. The van der Waals surface area contributed by atoms with E-state index < -0.39 is 10.0 Å².